The molecule has 0 heterocycles. The molecular weight excluding hydrogens is 466 g/mol. The SMILES string of the molecule is CN=C(NCc1ccccc1CN(C)C)NCC1(c2cccc(F)c2)CC1.I. The first-order valence-electron chi connectivity index (χ1n) is 9.44. The molecule has 4 nitrogen and oxygen atoms in total. The summed E-state index contributed by atoms with van der Waals surface area (Å²) in [6.45, 7) is 2.39. The molecule has 1 aliphatic rings. The molecule has 2 N–H and O–H groups in total. The van der Waals surface area contributed by atoms with Crippen LogP contribution in [-0.4, -0.2) is 38.5 Å². The fraction of sp³-hybridized carbons (Fsp3) is 0.409. The number of nitrogens with zero attached hydrogens (tertiary/aromatic N) is 2. The Morgan fingerprint density at radius 3 is 2.39 bits per heavy atom. The van der Waals surface area contributed by atoms with E-state index in [4.69, 9.17) is 0 Å². The van der Waals surface area contributed by atoms with Crippen molar-refractivity contribution in [2.45, 2.75) is 31.3 Å². The second-order valence-electron chi connectivity index (χ2n) is 7.58. The first-order valence-corrected chi connectivity index (χ1v) is 9.44. The summed E-state index contributed by atoms with van der Waals surface area (Å²) >= 11 is 0. The molecule has 3 rings (SSSR count). The van der Waals surface area contributed by atoms with Crippen molar-refractivity contribution in [1.29, 1.82) is 0 Å². The Balaban J connectivity index is 0.00000280. The summed E-state index contributed by atoms with van der Waals surface area (Å²) in [5.41, 5.74) is 3.67. The van der Waals surface area contributed by atoms with E-state index in [1.54, 1.807) is 19.2 Å². The zero-order valence-corrected chi connectivity index (χ0v) is 19.2. The topological polar surface area (TPSA) is 39.7 Å². The van der Waals surface area contributed by atoms with Crippen molar-refractivity contribution in [3.63, 3.8) is 0 Å². The molecular formula is C22H30FIN4. The maximum absolute atomic E-state index is 13.6. The van der Waals surface area contributed by atoms with Crippen LogP contribution in [0.2, 0.25) is 0 Å². The Kier molecular flexibility index (Phi) is 8.24. The number of hydrogen-bond donors (Lipinski definition) is 2. The van der Waals surface area contributed by atoms with Crippen molar-refractivity contribution in [2.24, 2.45) is 4.99 Å². The lowest BCUT2D eigenvalue weighted by Gasteiger charge is -2.20. The summed E-state index contributed by atoms with van der Waals surface area (Å²) in [5, 5.41) is 6.84. The van der Waals surface area contributed by atoms with E-state index >= 15 is 0 Å². The maximum Gasteiger partial charge on any atom is 0.191 e. The highest BCUT2D eigenvalue weighted by atomic mass is 127. The van der Waals surface area contributed by atoms with Crippen molar-refractivity contribution < 1.29 is 4.39 Å². The monoisotopic (exact) mass is 496 g/mol. The molecule has 2 aromatic rings. The molecule has 1 aliphatic carbocycles. The van der Waals surface area contributed by atoms with Gasteiger partial charge in [-0.3, -0.25) is 4.99 Å². The molecule has 1 saturated carbocycles. The molecule has 0 radical (unpaired) electrons. The summed E-state index contributed by atoms with van der Waals surface area (Å²) in [7, 11) is 5.93. The quantitative estimate of drug-likeness (QED) is 0.347. The van der Waals surface area contributed by atoms with E-state index in [0.717, 1.165) is 44.0 Å². The van der Waals surface area contributed by atoms with Crippen LogP contribution < -0.4 is 10.6 Å². The fourth-order valence-corrected chi connectivity index (χ4v) is 3.41. The normalized spacial score (nSPS) is 15.1. The predicted molar refractivity (Wildman–Crippen MR) is 125 cm³/mol. The molecule has 0 unspecified atom stereocenters. The number of aliphatic imine (C=N–C) groups is 1. The van der Waals surface area contributed by atoms with Gasteiger partial charge in [-0.15, -0.1) is 24.0 Å². The van der Waals surface area contributed by atoms with Crippen molar-refractivity contribution in [2.75, 3.05) is 27.7 Å². The number of benzene rings is 2. The molecule has 0 aromatic heterocycles. The molecule has 6 heteroatoms. The van der Waals surface area contributed by atoms with Gasteiger partial charge in [0, 0.05) is 32.1 Å². The molecule has 0 amide bonds. The molecule has 0 saturated heterocycles. The van der Waals surface area contributed by atoms with Crippen LogP contribution in [0.1, 0.15) is 29.5 Å². The molecule has 1 fully saturated rings. The van der Waals surface area contributed by atoms with Gasteiger partial charge in [-0.1, -0.05) is 36.4 Å². The number of hydrogen-bond acceptors (Lipinski definition) is 2. The van der Waals surface area contributed by atoms with Crippen molar-refractivity contribution in [3.05, 3.63) is 71.0 Å². The van der Waals surface area contributed by atoms with E-state index in [1.807, 2.05) is 6.07 Å². The van der Waals surface area contributed by atoms with Gasteiger partial charge in [0.25, 0.3) is 0 Å². The molecule has 0 atom stereocenters. The fourth-order valence-electron chi connectivity index (χ4n) is 3.41. The third-order valence-electron chi connectivity index (χ3n) is 5.16. The van der Waals surface area contributed by atoms with Gasteiger partial charge in [-0.2, -0.15) is 0 Å². The Labute approximate surface area is 184 Å². The zero-order valence-electron chi connectivity index (χ0n) is 16.8. The van der Waals surface area contributed by atoms with E-state index < -0.39 is 0 Å². The molecule has 28 heavy (non-hydrogen) atoms. The van der Waals surface area contributed by atoms with Crippen LogP contribution >= 0.6 is 24.0 Å². The van der Waals surface area contributed by atoms with Crippen LogP contribution in [0.3, 0.4) is 0 Å². The smallest absolute Gasteiger partial charge is 0.191 e. The van der Waals surface area contributed by atoms with Crippen LogP contribution in [0.25, 0.3) is 0 Å². The highest BCUT2D eigenvalue weighted by Gasteiger charge is 2.44. The third-order valence-corrected chi connectivity index (χ3v) is 5.16. The predicted octanol–water partition coefficient (Wildman–Crippen LogP) is 3.90. The Bertz CT molecular complexity index is 803. The summed E-state index contributed by atoms with van der Waals surface area (Å²) in [4.78, 5) is 6.51. The summed E-state index contributed by atoms with van der Waals surface area (Å²) in [5.74, 6) is 0.608. The number of guanidine groups is 1. The van der Waals surface area contributed by atoms with Gasteiger partial charge in [-0.25, -0.2) is 4.39 Å². The van der Waals surface area contributed by atoms with Gasteiger partial charge < -0.3 is 15.5 Å². The van der Waals surface area contributed by atoms with Gasteiger partial charge in [0.2, 0.25) is 0 Å². The van der Waals surface area contributed by atoms with Gasteiger partial charge in [-0.05, 0) is 55.8 Å². The molecule has 0 bridgehead atoms. The van der Waals surface area contributed by atoms with E-state index in [2.05, 4.69) is 58.9 Å². The minimum Gasteiger partial charge on any atom is -0.356 e. The van der Waals surface area contributed by atoms with E-state index in [0.29, 0.717) is 0 Å². The van der Waals surface area contributed by atoms with Gasteiger partial charge in [0.15, 0.2) is 5.96 Å². The van der Waals surface area contributed by atoms with Crippen molar-refractivity contribution in [3.8, 4) is 0 Å². The Morgan fingerprint density at radius 2 is 1.79 bits per heavy atom. The average molecular weight is 496 g/mol. The number of halogens is 2. The standard InChI is InChI=1S/C22H29FN4.HI/c1-24-21(25-14-17-7-4-5-8-18(17)15-27(2)3)26-16-22(11-12-22)19-9-6-10-20(23)13-19;/h4-10,13H,11-12,14-16H2,1-3H3,(H2,24,25,26);1H. The lowest BCUT2D eigenvalue weighted by Crippen LogP contribution is -2.41. The van der Waals surface area contributed by atoms with Gasteiger partial charge in [0.05, 0.1) is 0 Å². The van der Waals surface area contributed by atoms with Crippen molar-refractivity contribution >= 4 is 29.9 Å². The first kappa shape index (κ1) is 22.6. The van der Waals surface area contributed by atoms with Crippen LogP contribution in [-0.2, 0) is 18.5 Å². The van der Waals surface area contributed by atoms with Crippen LogP contribution in [0.5, 0.6) is 0 Å². The lowest BCUT2D eigenvalue weighted by atomic mass is 9.96. The highest BCUT2D eigenvalue weighted by molar-refractivity contribution is 14.0. The third kappa shape index (κ3) is 5.91. The summed E-state index contributed by atoms with van der Waals surface area (Å²) in [6.07, 6.45) is 2.15. The van der Waals surface area contributed by atoms with Crippen molar-refractivity contribution in [1.82, 2.24) is 15.5 Å². The van der Waals surface area contributed by atoms with Gasteiger partial charge >= 0.3 is 0 Å². The average Bonchev–Trinajstić information content (AvgIpc) is 3.44. The van der Waals surface area contributed by atoms with E-state index in [-0.39, 0.29) is 35.2 Å². The largest absolute Gasteiger partial charge is 0.356 e. The second kappa shape index (κ2) is 10.2. The van der Waals surface area contributed by atoms with Crippen LogP contribution in [0.4, 0.5) is 4.39 Å². The lowest BCUT2D eigenvalue weighted by molar-refractivity contribution is 0.400. The molecule has 0 spiro atoms. The molecule has 0 aliphatic heterocycles. The highest BCUT2D eigenvalue weighted by Crippen LogP contribution is 2.47. The number of nitrogens with one attached hydrogen (secondary N) is 2. The minimum absolute atomic E-state index is 0. The van der Waals surface area contributed by atoms with E-state index in [1.165, 1.54) is 17.2 Å². The maximum atomic E-state index is 13.6. The Hall–Kier alpha value is -1.67. The zero-order chi connectivity index (χ0) is 19.3. The summed E-state index contributed by atoms with van der Waals surface area (Å²) in [6, 6.07) is 15.4. The van der Waals surface area contributed by atoms with Gasteiger partial charge in [0.1, 0.15) is 5.82 Å². The second-order valence-corrected chi connectivity index (χ2v) is 7.58. The van der Waals surface area contributed by atoms with Crippen LogP contribution in [0, 0.1) is 5.82 Å². The number of rotatable bonds is 7. The van der Waals surface area contributed by atoms with Crippen LogP contribution in [0.15, 0.2) is 53.5 Å². The molecule has 2 aromatic carbocycles. The first-order chi connectivity index (χ1) is 13.0. The summed E-state index contributed by atoms with van der Waals surface area (Å²) < 4.78 is 13.6. The Morgan fingerprint density at radius 1 is 1.07 bits per heavy atom. The van der Waals surface area contributed by atoms with E-state index in [9.17, 15) is 4.39 Å². The molecule has 152 valence electrons. The minimum atomic E-state index is -0.168.